The molecule has 1 N–H and O–H groups in total. The number of carboxylic acid groups (broad SMARTS) is 1. The third-order valence-corrected chi connectivity index (χ3v) is 2.27. The molecule has 1 rings (SSSR count). The summed E-state index contributed by atoms with van der Waals surface area (Å²) in [7, 11) is 0. The van der Waals surface area contributed by atoms with Gasteiger partial charge in [0, 0.05) is 5.38 Å². The Morgan fingerprint density at radius 1 is 1.90 bits per heavy atom. The van der Waals surface area contributed by atoms with E-state index in [1.54, 1.807) is 5.38 Å². The number of hydrogen-bond acceptors (Lipinski definition) is 3. The molecule has 0 aliphatic rings. The van der Waals surface area contributed by atoms with Gasteiger partial charge in [-0.2, -0.15) is 0 Å². The van der Waals surface area contributed by atoms with Crippen molar-refractivity contribution in [1.29, 1.82) is 0 Å². The van der Waals surface area contributed by atoms with Crippen molar-refractivity contribution in [2.24, 2.45) is 0 Å². The molecule has 0 radical (unpaired) electrons. The van der Waals surface area contributed by atoms with Crippen molar-refractivity contribution in [2.75, 3.05) is 0 Å². The van der Waals surface area contributed by atoms with Gasteiger partial charge in [0.15, 0.2) is 3.92 Å². The van der Waals surface area contributed by atoms with Crippen LogP contribution in [-0.2, 0) is 11.2 Å². The molecule has 0 bridgehead atoms. The van der Waals surface area contributed by atoms with Crippen LogP contribution in [0.3, 0.4) is 0 Å². The number of aliphatic carboxylic acids is 1. The average Bonchev–Trinajstić information content (AvgIpc) is 2.13. The van der Waals surface area contributed by atoms with E-state index >= 15 is 0 Å². The van der Waals surface area contributed by atoms with Crippen molar-refractivity contribution in [3.63, 3.8) is 0 Å². The molecule has 0 spiro atoms. The highest BCUT2D eigenvalue weighted by atomic mass is 79.9. The number of halogens is 1. The predicted octanol–water partition coefficient (Wildman–Crippen LogP) is 1.53. The van der Waals surface area contributed by atoms with Gasteiger partial charge in [-0.05, 0) is 15.9 Å². The van der Waals surface area contributed by atoms with Crippen LogP contribution in [0.15, 0.2) is 9.30 Å². The zero-order valence-corrected chi connectivity index (χ0v) is 7.28. The van der Waals surface area contributed by atoms with Crippen LogP contribution in [-0.4, -0.2) is 16.1 Å². The van der Waals surface area contributed by atoms with Crippen molar-refractivity contribution in [3.05, 3.63) is 15.0 Å². The molecule has 1 heterocycles. The van der Waals surface area contributed by atoms with E-state index in [2.05, 4.69) is 20.9 Å². The lowest BCUT2D eigenvalue weighted by Gasteiger charge is -1.84. The van der Waals surface area contributed by atoms with E-state index < -0.39 is 5.97 Å². The number of carbonyl (C=O) groups is 1. The second-order valence-electron chi connectivity index (χ2n) is 1.66. The molecule has 1 aromatic heterocycles. The number of aromatic nitrogens is 1. The molecule has 10 heavy (non-hydrogen) atoms. The lowest BCUT2D eigenvalue weighted by Crippen LogP contribution is -1.99. The Hall–Kier alpha value is -0.420. The molecule has 3 nitrogen and oxygen atoms in total. The standard InChI is InChI=1S/C5H4BrNO2S/c6-5-7-3(2-10-5)1-4(8)9/h2H,1H2,(H,8,9). The van der Waals surface area contributed by atoms with Gasteiger partial charge in [0.05, 0.1) is 12.1 Å². The van der Waals surface area contributed by atoms with Crippen molar-refractivity contribution in [2.45, 2.75) is 6.42 Å². The van der Waals surface area contributed by atoms with Gasteiger partial charge >= 0.3 is 5.97 Å². The summed E-state index contributed by atoms with van der Waals surface area (Å²) in [5, 5.41) is 10.0. The Balaban J connectivity index is 2.67. The monoisotopic (exact) mass is 221 g/mol. The molecular weight excluding hydrogens is 218 g/mol. The van der Waals surface area contributed by atoms with Gasteiger partial charge in [0.2, 0.25) is 0 Å². The summed E-state index contributed by atoms with van der Waals surface area (Å²) in [4.78, 5) is 14.0. The predicted molar refractivity (Wildman–Crippen MR) is 41.2 cm³/mol. The quantitative estimate of drug-likeness (QED) is 0.825. The van der Waals surface area contributed by atoms with Gasteiger partial charge in [-0.25, -0.2) is 4.98 Å². The summed E-state index contributed by atoms with van der Waals surface area (Å²) in [5.41, 5.74) is 0.601. The van der Waals surface area contributed by atoms with E-state index in [4.69, 9.17) is 5.11 Å². The Morgan fingerprint density at radius 2 is 2.60 bits per heavy atom. The average molecular weight is 222 g/mol. The lowest BCUT2D eigenvalue weighted by atomic mass is 10.3. The molecular formula is C5H4BrNO2S. The highest BCUT2D eigenvalue weighted by Crippen LogP contribution is 2.15. The highest BCUT2D eigenvalue weighted by molar-refractivity contribution is 9.11. The topological polar surface area (TPSA) is 50.2 Å². The van der Waals surface area contributed by atoms with E-state index in [9.17, 15) is 4.79 Å². The number of hydrogen-bond donors (Lipinski definition) is 1. The SMILES string of the molecule is O=C(O)Cc1csc(Br)n1. The minimum absolute atomic E-state index is 0.00208. The Bertz CT molecular complexity index is 248. The summed E-state index contributed by atoms with van der Waals surface area (Å²) < 4.78 is 0.726. The Labute approximate surface area is 69.8 Å². The summed E-state index contributed by atoms with van der Waals surface area (Å²) in [5.74, 6) is -0.849. The van der Waals surface area contributed by atoms with Crippen LogP contribution < -0.4 is 0 Å². The Kier molecular flexibility index (Phi) is 2.39. The second kappa shape index (κ2) is 3.12. The van der Waals surface area contributed by atoms with E-state index in [-0.39, 0.29) is 6.42 Å². The molecule has 5 heteroatoms. The van der Waals surface area contributed by atoms with Crippen molar-refractivity contribution < 1.29 is 9.90 Å². The molecule has 0 aliphatic heterocycles. The van der Waals surface area contributed by atoms with Crippen LogP contribution in [0.25, 0.3) is 0 Å². The number of carboxylic acids is 1. The molecule has 0 amide bonds. The van der Waals surface area contributed by atoms with Gasteiger partial charge < -0.3 is 5.11 Å². The van der Waals surface area contributed by atoms with E-state index in [1.165, 1.54) is 11.3 Å². The van der Waals surface area contributed by atoms with Gasteiger partial charge in [0.1, 0.15) is 0 Å². The van der Waals surface area contributed by atoms with Crippen LogP contribution in [0, 0.1) is 0 Å². The van der Waals surface area contributed by atoms with Crippen molar-refractivity contribution >= 4 is 33.2 Å². The third-order valence-electron chi connectivity index (χ3n) is 0.856. The fraction of sp³-hybridized carbons (Fsp3) is 0.200. The summed E-state index contributed by atoms with van der Waals surface area (Å²) in [6.45, 7) is 0. The van der Waals surface area contributed by atoms with Gasteiger partial charge in [-0.15, -0.1) is 11.3 Å². The maximum absolute atomic E-state index is 10.1. The van der Waals surface area contributed by atoms with Crippen LogP contribution in [0.2, 0.25) is 0 Å². The first-order valence-corrected chi connectivity index (χ1v) is 4.17. The molecule has 54 valence electrons. The summed E-state index contributed by atoms with van der Waals surface area (Å²) in [6.07, 6.45) is 0.00208. The molecule has 0 saturated carbocycles. The molecule has 0 aromatic carbocycles. The number of thiazole rings is 1. The van der Waals surface area contributed by atoms with Crippen molar-refractivity contribution in [3.8, 4) is 0 Å². The minimum Gasteiger partial charge on any atom is -0.481 e. The molecule has 0 atom stereocenters. The lowest BCUT2D eigenvalue weighted by molar-refractivity contribution is -0.136. The van der Waals surface area contributed by atoms with E-state index in [1.807, 2.05) is 0 Å². The number of nitrogens with zero attached hydrogens (tertiary/aromatic N) is 1. The maximum atomic E-state index is 10.1. The zero-order chi connectivity index (χ0) is 7.56. The molecule has 0 fully saturated rings. The third kappa shape index (κ3) is 2.07. The van der Waals surface area contributed by atoms with Gasteiger partial charge in [-0.3, -0.25) is 4.79 Å². The fourth-order valence-corrected chi connectivity index (χ4v) is 1.57. The van der Waals surface area contributed by atoms with Gasteiger partial charge in [0.25, 0.3) is 0 Å². The van der Waals surface area contributed by atoms with Gasteiger partial charge in [-0.1, -0.05) is 0 Å². The number of rotatable bonds is 2. The zero-order valence-electron chi connectivity index (χ0n) is 4.87. The largest absolute Gasteiger partial charge is 0.481 e. The molecule has 0 unspecified atom stereocenters. The maximum Gasteiger partial charge on any atom is 0.309 e. The van der Waals surface area contributed by atoms with Crippen LogP contribution in [0.1, 0.15) is 5.69 Å². The smallest absolute Gasteiger partial charge is 0.309 e. The fourth-order valence-electron chi connectivity index (χ4n) is 0.518. The Morgan fingerprint density at radius 3 is 3.00 bits per heavy atom. The molecule has 1 aromatic rings. The summed E-state index contributed by atoms with van der Waals surface area (Å²) >= 11 is 4.53. The normalized spacial score (nSPS) is 9.70. The highest BCUT2D eigenvalue weighted by Gasteiger charge is 2.03. The first-order valence-electron chi connectivity index (χ1n) is 2.50. The van der Waals surface area contributed by atoms with Crippen LogP contribution in [0.5, 0.6) is 0 Å². The van der Waals surface area contributed by atoms with Crippen LogP contribution >= 0.6 is 27.3 Å². The van der Waals surface area contributed by atoms with E-state index in [0.29, 0.717) is 5.69 Å². The summed E-state index contributed by atoms with van der Waals surface area (Å²) in [6, 6.07) is 0. The first kappa shape index (κ1) is 7.68. The van der Waals surface area contributed by atoms with E-state index in [0.717, 1.165) is 3.92 Å². The first-order chi connectivity index (χ1) is 4.68. The second-order valence-corrected chi connectivity index (χ2v) is 3.80. The van der Waals surface area contributed by atoms with Crippen molar-refractivity contribution in [1.82, 2.24) is 4.98 Å². The molecule has 0 aliphatic carbocycles. The van der Waals surface area contributed by atoms with Crippen LogP contribution in [0.4, 0.5) is 0 Å². The molecule has 0 saturated heterocycles. The minimum atomic E-state index is -0.849.